The predicted octanol–water partition coefficient (Wildman–Crippen LogP) is 6.15. The molecule has 4 unspecified atom stereocenters. The molecule has 204 valence electrons. The van der Waals surface area contributed by atoms with Gasteiger partial charge in [0.05, 0.1) is 11.5 Å². The minimum absolute atomic E-state index is 0.0954. The number of carbonyl (C=O) groups is 2. The molecule has 1 aromatic rings. The van der Waals surface area contributed by atoms with Crippen LogP contribution in [0.15, 0.2) is 67.3 Å². The zero-order valence-corrected chi connectivity index (χ0v) is 23.8. The maximum Gasteiger partial charge on any atom is 0.173 e. The van der Waals surface area contributed by atoms with Gasteiger partial charge < -0.3 is 14.7 Å². The van der Waals surface area contributed by atoms with Crippen LogP contribution in [0.1, 0.15) is 58.9 Å². The third-order valence-corrected chi connectivity index (χ3v) is 9.70. The number of aliphatic hydroxyl groups is 1. The number of Topliss-reactive ketones (excluding diaryl/α,β-unsaturated/α-hetero) is 1. The van der Waals surface area contributed by atoms with Gasteiger partial charge in [-0.2, -0.15) is 0 Å². The van der Waals surface area contributed by atoms with E-state index < -0.39 is 34.4 Å². The predicted molar refractivity (Wildman–Crippen MR) is 154 cm³/mol. The van der Waals surface area contributed by atoms with Crippen LogP contribution < -0.4 is 4.90 Å². The van der Waals surface area contributed by atoms with Gasteiger partial charge in [0.2, 0.25) is 0 Å². The van der Waals surface area contributed by atoms with Crippen molar-refractivity contribution in [3.05, 3.63) is 72.9 Å². The van der Waals surface area contributed by atoms with E-state index in [0.29, 0.717) is 25.0 Å². The van der Waals surface area contributed by atoms with Crippen molar-refractivity contribution in [3.8, 4) is 0 Å². The zero-order chi connectivity index (χ0) is 28.0. The third-order valence-electron chi connectivity index (χ3n) is 9.70. The molecule has 2 bridgehead atoms. The van der Waals surface area contributed by atoms with E-state index in [0.717, 1.165) is 17.7 Å². The number of nitrogens with zero attached hydrogens (tertiary/aromatic N) is 1. The second-order valence-electron chi connectivity index (χ2n) is 12.5. The van der Waals surface area contributed by atoms with Gasteiger partial charge in [0.25, 0.3) is 0 Å². The minimum Gasteiger partial charge on any atom is -0.488 e. The number of anilines is 1. The molecule has 5 heteroatoms. The summed E-state index contributed by atoms with van der Waals surface area (Å²) in [4.78, 5) is 30.3. The molecule has 4 rings (SSSR count). The Morgan fingerprint density at radius 1 is 1.11 bits per heavy atom. The largest absolute Gasteiger partial charge is 0.488 e. The molecule has 5 nitrogen and oxygen atoms in total. The first-order valence-corrected chi connectivity index (χ1v) is 13.6. The van der Waals surface area contributed by atoms with Crippen LogP contribution in [0.5, 0.6) is 0 Å². The minimum atomic E-state index is -1.14. The monoisotopic (exact) mass is 517 g/mol. The van der Waals surface area contributed by atoms with E-state index in [-0.39, 0.29) is 17.5 Å². The highest BCUT2D eigenvalue weighted by Crippen LogP contribution is 2.69. The normalized spacial score (nSPS) is 33.4. The highest BCUT2D eigenvalue weighted by molar-refractivity contribution is 6.14. The summed E-state index contributed by atoms with van der Waals surface area (Å²) in [6.45, 7) is 16.3. The number of carbonyl (C=O) groups excluding carboxylic acids is 2. The number of fused-ring (bicyclic) bond motifs is 4. The molecule has 0 radical (unpaired) electrons. The van der Waals surface area contributed by atoms with Crippen LogP contribution in [-0.2, 0) is 14.3 Å². The molecule has 6 atom stereocenters. The first kappa shape index (κ1) is 28.1. The molecular weight excluding hydrogens is 474 g/mol. The second kappa shape index (κ2) is 10.00. The zero-order valence-electron chi connectivity index (χ0n) is 23.8. The van der Waals surface area contributed by atoms with Crippen molar-refractivity contribution in [3.63, 3.8) is 0 Å². The van der Waals surface area contributed by atoms with Gasteiger partial charge in [-0.05, 0) is 75.1 Å². The average Bonchev–Trinajstić information content (AvgIpc) is 2.86. The summed E-state index contributed by atoms with van der Waals surface area (Å²) in [6, 6.07) is 7.81. The van der Waals surface area contributed by atoms with Gasteiger partial charge in [-0.25, -0.2) is 0 Å². The van der Waals surface area contributed by atoms with Gasteiger partial charge in [0.1, 0.15) is 17.8 Å². The first-order chi connectivity index (χ1) is 17.9. The number of aliphatic hydroxyl groups excluding tert-OH is 1. The quantitative estimate of drug-likeness (QED) is 0.331. The lowest BCUT2D eigenvalue weighted by molar-refractivity contribution is -0.250. The van der Waals surface area contributed by atoms with Gasteiger partial charge in [-0.15, -0.1) is 13.2 Å². The van der Waals surface area contributed by atoms with E-state index in [1.807, 2.05) is 49.3 Å². The molecule has 2 fully saturated rings. The van der Waals surface area contributed by atoms with Crippen LogP contribution in [0.4, 0.5) is 5.69 Å². The molecule has 2 aliphatic carbocycles. The lowest BCUT2D eigenvalue weighted by Gasteiger charge is -2.68. The molecule has 0 amide bonds. The Morgan fingerprint density at radius 2 is 1.74 bits per heavy atom. The lowest BCUT2D eigenvalue weighted by atomic mass is 9.36. The van der Waals surface area contributed by atoms with Gasteiger partial charge >= 0.3 is 0 Å². The Hall–Kier alpha value is -2.92. The molecule has 0 spiro atoms. The average molecular weight is 518 g/mol. The number of rotatable bonds is 8. The maximum atomic E-state index is 14.5. The summed E-state index contributed by atoms with van der Waals surface area (Å²) in [5, 5.41) is 12.3. The fourth-order valence-electron chi connectivity index (χ4n) is 7.47. The maximum absolute atomic E-state index is 14.5. The number of hydrogen-bond donors (Lipinski definition) is 1. The highest BCUT2D eigenvalue weighted by atomic mass is 16.5. The van der Waals surface area contributed by atoms with Crippen LogP contribution in [0.3, 0.4) is 0 Å². The highest BCUT2D eigenvalue weighted by Gasteiger charge is 2.75. The molecule has 1 heterocycles. The Balaban J connectivity index is 1.90. The molecule has 1 aliphatic heterocycles. The van der Waals surface area contributed by atoms with E-state index in [9.17, 15) is 14.7 Å². The van der Waals surface area contributed by atoms with Crippen LogP contribution in [0.2, 0.25) is 0 Å². The fraction of sp³-hybridized carbons (Fsp3) is 0.515. The van der Waals surface area contributed by atoms with Crippen LogP contribution in [0.25, 0.3) is 5.76 Å². The topological polar surface area (TPSA) is 66.8 Å². The van der Waals surface area contributed by atoms with Gasteiger partial charge in [-0.3, -0.25) is 9.59 Å². The lowest BCUT2D eigenvalue weighted by Crippen LogP contribution is -2.75. The molecule has 38 heavy (non-hydrogen) atoms. The van der Waals surface area contributed by atoms with E-state index in [2.05, 4.69) is 46.9 Å². The Labute approximate surface area is 227 Å². The van der Waals surface area contributed by atoms with Crippen LogP contribution in [0, 0.1) is 28.1 Å². The summed E-state index contributed by atoms with van der Waals surface area (Å²) >= 11 is 0. The fourth-order valence-corrected chi connectivity index (χ4v) is 7.47. The molecule has 0 saturated heterocycles. The van der Waals surface area contributed by atoms with Gasteiger partial charge in [-0.1, -0.05) is 37.6 Å². The van der Waals surface area contributed by atoms with Crippen molar-refractivity contribution in [1.82, 2.24) is 0 Å². The van der Waals surface area contributed by atoms with Crippen molar-refractivity contribution in [2.75, 3.05) is 19.0 Å². The molecule has 1 N–H and O–H groups in total. The summed E-state index contributed by atoms with van der Waals surface area (Å²) in [5.41, 5.74) is 0.482. The van der Waals surface area contributed by atoms with Gasteiger partial charge in [0, 0.05) is 36.8 Å². The molecule has 2 saturated carbocycles. The Bertz CT molecular complexity index is 1190. The third kappa shape index (κ3) is 4.02. The Morgan fingerprint density at radius 3 is 2.29 bits per heavy atom. The summed E-state index contributed by atoms with van der Waals surface area (Å²) < 4.78 is 6.65. The summed E-state index contributed by atoms with van der Waals surface area (Å²) in [7, 11) is 3.94. The second-order valence-corrected chi connectivity index (χ2v) is 12.5. The standard InChI is InChI=1S/C33H43NO4/c1-9-17-32-20-23(14-11-21(3)4)31(5,6)33(18-10-2,30(32)37)28(36)27-25(35)19-26(38-29(27)32)22-12-15-24(16-13-22)34(7)8/h9-13,15-16,19,23,27,29-30,37H,1-2,14,17-18,20H2,3-8H3/t23-,27?,29?,30?,32?,33+/m1/s1. The number of allylic oxidation sites excluding steroid dienone is 5. The Kier molecular flexibility index (Phi) is 7.39. The number of ether oxygens (including phenoxy) is 1. The van der Waals surface area contributed by atoms with E-state index in [1.54, 1.807) is 6.08 Å². The smallest absolute Gasteiger partial charge is 0.173 e. The van der Waals surface area contributed by atoms with Crippen molar-refractivity contribution < 1.29 is 19.4 Å². The van der Waals surface area contributed by atoms with Crippen LogP contribution >= 0.6 is 0 Å². The van der Waals surface area contributed by atoms with E-state index in [4.69, 9.17) is 4.74 Å². The van der Waals surface area contributed by atoms with E-state index in [1.165, 1.54) is 11.6 Å². The number of hydrogen-bond acceptors (Lipinski definition) is 5. The van der Waals surface area contributed by atoms with Crippen molar-refractivity contribution in [1.29, 1.82) is 0 Å². The number of benzene rings is 1. The first-order valence-electron chi connectivity index (χ1n) is 13.6. The van der Waals surface area contributed by atoms with Crippen LogP contribution in [-0.4, -0.2) is 43.0 Å². The molecule has 3 aliphatic rings. The molecule has 1 aromatic carbocycles. The molecule has 0 aromatic heterocycles. The summed E-state index contributed by atoms with van der Waals surface area (Å²) in [5.74, 6) is -0.883. The van der Waals surface area contributed by atoms with E-state index >= 15 is 0 Å². The van der Waals surface area contributed by atoms with Gasteiger partial charge in [0.15, 0.2) is 11.6 Å². The van der Waals surface area contributed by atoms with Crippen molar-refractivity contribution in [2.45, 2.75) is 65.6 Å². The SMILES string of the molecule is C=CCC12C[C@@H](CC=C(C)C)C(C)(C)[C@@](CC=C)(C(=O)C3C(=O)C=C(c4ccc(N(C)C)cc4)OC31)C2O. The van der Waals surface area contributed by atoms with Crippen molar-refractivity contribution >= 4 is 23.0 Å². The number of ketones is 2. The molecular formula is C33H43NO4. The van der Waals surface area contributed by atoms with Crippen molar-refractivity contribution in [2.24, 2.45) is 28.1 Å². The summed E-state index contributed by atoms with van der Waals surface area (Å²) in [6.07, 6.45) is 7.64.